The Bertz CT molecular complexity index is 697. The van der Waals surface area contributed by atoms with E-state index in [2.05, 4.69) is 14.9 Å². The average Bonchev–Trinajstić information content (AvgIpc) is 2.85. The van der Waals surface area contributed by atoms with Gasteiger partial charge in [-0.2, -0.15) is 0 Å². The molecule has 0 aliphatic carbocycles. The maximum Gasteiger partial charge on any atom is 0.241 e. The Kier molecular flexibility index (Phi) is 4.42. The van der Waals surface area contributed by atoms with Crippen LogP contribution in [0.25, 0.3) is 0 Å². The molecule has 2 aromatic rings. The van der Waals surface area contributed by atoms with Gasteiger partial charge < -0.3 is 4.42 Å². The molecule has 1 aromatic heterocycles. The van der Waals surface area contributed by atoms with Gasteiger partial charge in [0.1, 0.15) is 0 Å². The van der Waals surface area contributed by atoms with Crippen molar-refractivity contribution in [1.29, 1.82) is 0 Å². The van der Waals surface area contributed by atoms with Crippen LogP contribution in [-0.2, 0) is 16.6 Å². The van der Waals surface area contributed by atoms with E-state index >= 15 is 0 Å². The van der Waals surface area contributed by atoms with Gasteiger partial charge in [-0.1, -0.05) is 31.5 Å². The van der Waals surface area contributed by atoms with E-state index in [-0.39, 0.29) is 23.2 Å². The van der Waals surface area contributed by atoms with Crippen molar-refractivity contribution in [2.75, 3.05) is 0 Å². The van der Waals surface area contributed by atoms with Crippen molar-refractivity contribution in [2.24, 2.45) is 0 Å². The molecule has 20 heavy (non-hydrogen) atoms. The number of rotatable bonds is 5. The van der Waals surface area contributed by atoms with Crippen molar-refractivity contribution in [3.05, 3.63) is 41.1 Å². The average molecular weight is 316 g/mol. The summed E-state index contributed by atoms with van der Waals surface area (Å²) in [7, 11) is -3.65. The summed E-state index contributed by atoms with van der Waals surface area (Å²) in [6.45, 7) is 3.76. The Labute approximate surface area is 122 Å². The van der Waals surface area contributed by atoms with Gasteiger partial charge in [0.2, 0.25) is 21.8 Å². The molecule has 8 heteroatoms. The molecule has 0 spiro atoms. The van der Waals surface area contributed by atoms with E-state index in [0.29, 0.717) is 10.9 Å². The second-order valence-electron chi connectivity index (χ2n) is 4.47. The Morgan fingerprint density at radius 3 is 2.70 bits per heavy atom. The highest BCUT2D eigenvalue weighted by Gasteiger charge is 2.16. The highest BCUT2D eigenvalue weighted by atomic mass is 35.5. The number of hydrogen-bond donors (Lipinski definition) is 1. The van der Waals surface area contributed by atoms with Crippen molar-refractivity contribution in [3.63, 3.8) is 0 Å². The molecule has 0 amide bonds. The Morgan fingerprint density at radius 2 is 2.10 bits per heavy atom. The third-order valence-corrected chi connectivity index (χ3v) is 4.13. The number of halogens is 1. The standard InChI is InChI=1S/C12H14ClN3O3S/c1-8(2)12-16-15-11(19-12)7-14-20(17,18)10-5-3-4-9(13)6-10/h3-6,8,14H,7H2,1-2H3. The molecule has 1 N–H and O–H groups in total. The van der Waals surface area contributed by atoms with Gasteiger partial charge in [0, 0.05) is 10.9 Å². The lowest BCUT2D eigenvalue weighted by molar-refractivity contribution is 0.427. The first-order chi connectivity index (χ1) is 9.38. The van der Waals surface area contributed by atoms with E-state index in [1.807, 2.05) is 13.8 Å². The van der Waals surface area contributed by atoms with Crippen LogP contribution in [0.1, 0.15) is 31.5 Å². The summed E-state index contributed by atoms with van der Waals surface area (Å²) < 4.78 is 31.8. The fourth-order valence-electron chi connectivity index (χ4n) is 1.45. The summed E-state index contributed by atoms with van der Waals surface area (Å²) >= 11 is 5.77. The van der Waals surface area contributed by atoms with Gasteiger partial charge in [0.15, 0.2) is 0 Å². The third-order valence-electron chi connectivity index (χ3n) is 2.50. The van der Waals surface area contributed by atoms with Crippen molar-refractivity contribution >= 4 is 21.6 Å². The van der Waals surface area contributed by atoms with Crippen molar-refractivity contribution < 1.29 is 12.8 Å². The van der Waals surface area contributed by atoms with Crippen LogP contribution in [0.5, 0.6) is 0 Å². The second kappa shape index (κ2) is 5.90. The summed E-state index contributed by atoms with van der Waals surface area (Å²) in [4.78, 5) is 0.0913. The molecular formula is C12H14ClN3O3S. The number of benzene rings is 1. The summed E-state index contributed by atoms with van der Waals surface area (Å²) in [6, 6.07) is 6.01. The molecular weight excluding hydrogens is 302 g/mol. The summed E-state index contributed by atoms with van der Waals surface area (Å²) in [5.41, 5.74) is 0. The van der Waals surface area contributed by atoms with Crippen LogP contribution in [0.4, 0.5) is 0 Å². The molecule has 0 atom stereocenters. The molecule has 0 aliphatic rings. The molecule has 0 bridgehead atoms. The fourth-order valence-corrected chi connectivity index (χ4v) is 2.72. The minimum absolute atomic E-state index is 0.0609. The number of aromatic nitrogens is 2. The molecule has 0 saturated carbocycles. The van der Waals surface area contributed by atoms with E-state index in [1.165, 1.54) is 12.1 Å². The fraction of sp³-hybridized carbons (Fsp3) is 0.333. The second-order valence-corrected chi connectivity index (χ2v) is 6.67. The lowest BCUT2D eigenvalue weighted by Gasteiger charge is -2.04. The van der Waals surface area contributed by atoms with E-state index in [0.717, 1.165) is 0 Å². The van der Waals surface area contributed by atoms with Crippen LogP contribution < -0.4 is 4.72 Å². The van der Waals surface area contributed by atoms with Crippen LogP contribution in [-0.4, -0.2) is 18.6 Å². The topological polar surface area (TPSA) is 85.1 Å². The molecule has 1 aromatic carbocycles. The molecule has 0 unspecified atom stereocenters. The molecule has 0 radical (unpaired) electrons. The monoisotopic (exact) mass is 315 g/mol. The quantitative estimate of drug-likeness (QED) is 0.915. The van der Waals surface area contributed by atoms with Crippen LogP contribution >= 0.6 is 11.6 Å². The Balaban J connectivity index is 2.09. The molecule has 6 nitrogen and oxygen atoms in total. The van der Waals surface area contributed by atoms with Gasteiger partial charge in [-0.15, -0.1) is 10.2 Å². The van der Waals surface area contributed by atoms with Crippen LogP contribution in [0.15, 0.2) is 33.6 Å². The first-order valence-corrected chi connectivity index (χ1v) is 7.82. The zero-order valence-corrected chi connectivity index (χ0v) is 12.6. The van der Waals surface area contributed by atoms with Gasteiger partial charge in [0.05, 0.1) is 11.4 Å². The number of sulfonamides is 1. The van der Waals surface area contributed by atoms with Crippen molar-refractivity contribution in [1.82, 2.24) is 14.9 Å². The summed E-state index contributed by atoms with van der Waals surface area (Å²) in [5, 5.41) is 7.97. The van der Waals surface area contributed by atoms with E-state index < -0.39 is 10.0 Å². The van der Waals surface area contributed by atoms with Gasteiger partial charge in [-0.3, -0.25) is 0 Å². The molecule has 0 fully saturated rings. The minimum atomic E-state index is -3.65. The predicted molar refractivity (Wildman–Crippen MR) is 73.9 cm³/mol. The molecule has 1 heterocycles. The normalized spacial score (nSPS) is 12.0. The third kappa shape index (κ3) is 3.56. The highest BCUT2D eigenvalue weighted by Crippen LogP contribution is 2.16. The maximum atomic E-state index is 12.0. The Hall–Kier alpha value is -1.44. The lowest BCUT2D eigenvalue weighted by Crippen LogP contribution is -2.23. The smallest absolute Gasteiger partial charge is 0.241 e. The molecule has 0 saturated heterocycles. The van der Waals surface area contributed by atoms with Crippen LogP contribution in [0.3, 0.4) is 0 Å². The largest absolute Gasteiger partial charge is 0.424 e. The zero-order chi connectivity index (χ0) is 14.8. The SMILES string of the molecule is CC(C)c1nnc(CNS(=O)(=O)c2cccc(Cl)c2)o1. The van der Waals surface area contributed by atoms with Crippen LogP contribution in [0, 0.1) is 0 Å². The summed E-state index contributed by atoms with van der Waals surface area (Å²) in [5.74, 6) is 0.794. The van der Waals surface area contributed by atoms with E-state index in [1.54, 1.807) is 12.1 Å². The summed E-state index contributed by atoms with van der Waals surface area (Å²) in [6.07, 6.45) is 0. The number of nitrogens with zero attached hydrogens (tertiary/aromatic N) is 2. The Morgan fingerprint density at radius 1 is 1.35 bits per heavy atom. The van der Waals surface area contributed by atoms with Gasteiger partial charge >= 0.3 is 0 Å². The minimum Gasteiger partial charge on any atom is -0.424 e. The van der Waals surface area contributed by atoms with Crippen LogP contribution in [0.2, 0.25) is 5.02 Å². The molecule has 108 valence electrons. The predicted octanol–water partition coefficient (Wildman–Crippen LogP) is 2.32. The van der Waals surface area contributed by atoms with Crippen molar-refractivity contribution in [3.8, 4) is 0 Å². The van der Waals surface area contributed by atoms with Gasteiger partial charge in [-0.05, 0) is 18.2 Å². The highest BCUT2D eigenvalue weighted by molar-refractivity contribution is 7.89. The van der Waals surface area contributed by atoms with E-state index in [4.69, 9.17) is 16.0 Å². The van der Waals surface area contributed by atoms with Gasteiger partial charge in [-0.25, -0.2) is 13.1 Å². The first kappa shape index (κ1) is 15.0. The number of nitrogens with one attached hydrogen (secondary N) is 1. The first-order valence-electron chi connectivity index (χ1n) is 5.96. The lowest BCUT2D eigenvalue weighted by atomic mass is 10.2. The number of hydrogen-bond acceptors (Lipinski definition) is 5. The molecule has 2 rings (SSSR count). The zero-order valence-electron chi connectivity index (χ0n) is 11.0. The maximum absolute atomic E-state index is 12.0. The van der Waals surface area contributed by atoms with Gasteiger partial charge in [0.25, 0.3) is 0 Å². The van der Waals surface area contributed by atoms with Crippen molar-refractivity contribution in [2.45, 2.75) is 31.2 Å². The molecule has 0 aliphatic heterocycles. The van der Waals surface area contributed by atoms with E-state index in [9.17, 15) is 8.42 Å².